The van der Waals surface area contributed by atoms with Gasteiger partial charge in [-0.2, -0.15) is 0 Å². The lowest BCUT2D eigenvalue weighted by Gasteiger charge is -2.30. The van der Waals surface area contributed by atoms with Crippen LogP contribution in [0.15, 0.2) is 17.1 Å². The van der Waals surface area contributed by atoms with Crippen molar-refractivity contribution in [3.63, 3.8) is 0 Å². The van der Waals surface area contributed by atoms with Crippen molar-refractivity contribution in [3.05, 3.63) is 17.7 Å². The number of hydrogen-bond acceptors (Lipinski definition) is 5. The van der Waals surface area contributed by atoms with Crippen LogP contribution in [0.4, 0.5) is 0 Å². The molecule has 1 rings (SSSR count). The van der Waals surface area contributed by atoms with Crippen molar-refractivity contribution in [2.75, 3.05) is 41.0 Å². The van der Waals surface area contributed by atoms with E-state index >= 15 is 0 Å². The third kappa shape index (κ3) is 9.16. The maximum atomic E-state index is 5.42. The van der Waals surface area contributed by atoms with Crippen LogP contribution in [0, 0.1) is 0 Å². The van der Waals surface area contributed by atoms with Crippen LogP contribution in [0.3, 0.4) is 0 Å². The minimum absolute atomic E-state index is 0. The summed E-state index contributed by atoms with van der Waals surface area (Å²) in [6.07, 6.45) is 1.06. The molecule has 0 aliphatic rings. The first-order valence-corrected chi connectivity index (χ1v) is 10.4. The van der Waals surface area contributed by atoms with Crippen molar-refractivity contribution in [2.45, 2.75) is 59.7 Å². The molecule has 0 radical (unpaired) electrons. The molecule has 0 heterocycles. The second-order valence-electron chi connectivity index (χ2n) is 7.43. The van der Waals surface area contributed by atoms with Gasteiger partial charge in [0, 0.05) is 31.7 Å². The number of guanidine groups is 1. The SMILES string of the molecule is CCNC(=NCc1cc(OC)c(OC)c(OC)c1)NCCCN(C(C)C)C(C)C.I. The van der Waals surface area contributed by atoms with Crippen LogP contribution < -0.4 is 24.8 Å². The first kappa shape index (κ1) is 28.6. The van der Waals surface area contributed by atoms with Crippen molar-refractivity contribution < 1.29 is 14.2 Å². The van der Waals surface area contributed by atoms with Crippen LogP contribution in [-0.4, -0.2) is 63.9 Å². The van der Waals surface area contributed by atoms with E-state index in [1.54, 1.807) is 21.3 Å². The average molecular weight is 536 g/mol. The summed E-state index contributed by atoms with van der Waals surface area (Å²) < 4.78 is 16.2. The minimum atomic E-state index is 0. The van der Waals surface area contributed by atoms with Crippen LogP contribution in [0.1, 0.15) is 46.6 Å². The zero-order valence-electron chi connectivity index (χ0n) is 19.9. The Kier molecular flexibility index (Phi) is 14.7. The van der Waals surface area contributed by atoms with Crippen molar-refractivity contribution in [1.82, 2.24) is 15.5 Å². The summed E-state index contributed by atoms with van der Waals surface area (Å²) in [7, 11) is 4.84. The number of benzene rings is 1. The van der Waals surface area contributed by atoms with E-state index in [2.05, 4.69) is 50.2 Å². The molecule has 0 amide bonds. The molecule has 0 bridgehead atoms. The zero-order valence-corrected chi connectivity index (χ0v) is 22.2. The number of rotatable bonds is 12. The van der Waals surface area contributed by atoms with Crippen molar-refractivity contribution in [3.8, 4) is 17.2 Å². The highest BCUT2D eigenvalue weighted by Gasteiger charge is 2.14. The molecule has 0 aromatic heterocycles. The molecule has 2 N–H and O–H groups in total. The second-order valence-corrected chi connectivity index (χ2v) is 7.43. The highest BCUT2D eigenvalue weighted by molar-refractivity contribution is 14.0. The lowest BCUT2D eigenvalue weighted by Crippen LogP contribution is -2.41. The Balaban J connectivity index is 0.00000841. The quantitative estimate of drug-likeness (QED) is 0.183. The van der Waals surface area contributed by atoms with Crippen molar-refractivity contribution >= 4 is 29.9 Å². The van der Waals surface area contributed by atoms with Crippen molar-refractivity contribution in [2.24, 2.45) is 4.99 Å². The second kappa shape index (κ2) is 15.4. The molecular formula is C22H41IN4O3. The monoisotopic (exact) mass is 536 g/mol. The molecule has 174 valence electrons. The molecule has 0 unspecified atom stereocenters. The van der Waals surface area contributed by atoms with Gasteiger partial charge in [-0.05, 0) is 58.7 Å². The van der Waals surface area contributed by atoms with Crippen LogP contribution in [0.2, 0.25) is 0 Å². The third-order valence-electron chi connectivity index (χ3n) is 4.70. The highest BCUT2D eigenvalue weighted by Crippen LogP contribution is 2.38. The number of ether oxygens (including phenoxy) is 3. The maximum absolute atomic E-state index is 5.42. The van der Waals surface area contributed by atoms with E-state index in [0.29, 0.717) is 35.9 Å². The van der Waals surface area contributed by atoms with Crippen LogP contribution >= 0.6 is 24.0 Å². The summed E-state index contributed by atoms with van der Waals surface area (Å²) >= 11 is 0. The van der Waals surface area contributed by atoms with E-state index in [-0.39, 0.29) is 24.0 Å². The lowest BCUT2D eigenvalue weighted by molar-refractivity contribution is 0.173. The summed E-state index contributed by atoms with van der Waals surface area (Å²) in [4.78, 5) is 7.21. The fraction of sp³-hybridized carbons (Fsp3) is 0.682. The van der Waals surface area contributed by atoms with E-state index < -0.39 is 0 Å². The Morgan fingerprint density at radius 2 is 1.53 bits per heavy atom. The van der Waals surface area contributed by atoms with Gasteiger partial charge in [-0.1, -0.05) is 0 Å². The fourth-order valence-corrected chi connectivity index (χ4v) is 3.32. The predicted molar refractivity (Wildman–Crippen MR) is 136 cm³/mol. The molecule has 1 aromatic carbocycles. The fourth-order valence-electron chi connectivity index (χ4n) is 3.32. The number of nitrogens with zero attached hydrogens (tertiary/aromatic N) is 2. The maximum Gasteiger partial charge on any atom is 0.203 e. The third-order valence-corrected chi connectivity index (χ3v) is 4.70. The minimum Gasteiger partial charge on any atom is -0.493 e. The molecule has 0 saturated carbocycles. The zero-order chi connectivity index (χ0) is 21.8. The molecule has 0 atom stereocenters. The topological polar surface area (TPSA) is 67.4 Å². The lowest BCUT2D eigenvalue weighted by atomic mass is 10.2. The molecule has 0 aliphatic heterocycles. The molecular weight excluding hydrogens is 495 g/mol. The van der Waals surface area contributed by atoms with Gasteiger partial charge in [0.2, 0.25) is 5.75 Å². The molecule has 0 aliphatic carbocycles. The summed E-state index contributed by atoms with van der Waals surface area (Å²) in [5, 5.41) is 6.73. The van der Waals surface area contributed by atoms with Gasteiger partial charge in [0.15, 0.2) is 17.5 Å². The van der Waals surface area contributed by atoms with Gasteiger partial charge in [-0.3, -0.25) is 4.90 Å². The number of hydrogen-bond donors (Lipinski definition) is 2. The van der Waals surface area contributed by atoms with Gasteiger partial charge in [0.05, 0.1) is 27.9 Å². The molecule has 0 fully saturated rings. The summed E-state index contributed by atoms with van der Waals surface area (Å²) in [5.74, 6) is 2.67. The first-order valence-electron chi connectivity index (χ1n) is 10.4. The molecule has 30 heavy (non-hydrogen) atoms. The Labute approximate surface area is 200 Å². The van der Waals surface area contributed by atoms with Gasteiger partial charge < -0.3 is 24.8 Å². The normalized spacial score (nSPS) is 11.5. The average Bonchev–Trinajstić information content (AvgIpc) is 2.70. The number of nitrogens with one attached hydrogen (secondary N) is 2. The van der Waals surface area contributed by atoms with Crippen LogP contribution in [0.5, 0.6) is 17.2 Å². The van der Waals surface area contributed by atoms with E-state index in [4.69, 9.17) is 19.2 Å². The Morgan fingerprint density at radius 1 is 0.967 bits per heavy atom. The van der Waals surface area contributed by atoms with Crippen LogP contribution in [-0.2, 0) is 6.54 Å². The van der Waals surface area contributed by atoms with Gasteiger partial charge in [-0.15, -0.1) is 24.0 Å². The largest absolute Gasteiger partial charge is 0.493 e. The molecule has 7 nitrogen and oxygen atoms in total. The van der Waals surface area contributed by atoms with E-state index in [9.17, 15) is 0 Å². The molecule has 1 aromatic rings. The molecule has 0 spiro atoms. The summed E-state index contributed by atoms with van der Waals surface area (Å²) in [5.41, 5.74) is 0.988. The first-order chi connectivity index (χ1) is 13.9. The Bertz CT molecular complexity index is 606. The van der Waals surface area contributed by atoms with Gasteiger partial charge >= 0.3 is 0 Å². The summed E-state index contributed by atoms with van der Waals surface area (Å²) in [6, 6.07) is 4.96. The van der Waals surface area contributed by atoms with E-state index in [1.807, 2.05) is 12.1 Å². The standard InChI is InChI=1S/C22H40N4O3.HI/c1-9-23-22(24-11-10-12-26(16(2)3)17(4)5)25-15-18-13-19(27-6)21(29-8)20(14-18)28-7;/h13-14,16-17H,9-12,15H2,1-8H3,(H2,23,24,25);1H. The van der Waals surface area contributed by atoms with Gasteiger partial charge in [0.1, 0.15) is 0 Å². The Morgan fingerprint density at radius 3 is 1.97 bits per heavy atom. The molecule has 0 saturated heterocycles. The Hall–Kier alpha value is -1.42. The summed E-state index contributed by atoms with van der Waals surface area (Å²) in [6.45, 7) is 14.3. The molecule has 8 heteroatoms. The number of methoxy groups -OCH3 is 3. The number of halogens is 1. The van der Waals surface area contributed by atoms with Gasteiger partial charge in [0.25, 0.3) is 0 Å². The smallest absolute Gasteiger partial charge is 0.203 e. The number of aliphatic imine (C=N–C) groups is 1. The van der Waals surface area contributed by atoms with Gasteiger partial charge in [-0.25, -0.2) is 4.99 Å². The van der Waals surface area contributed by atoms with Crippen LogP contribution in [0.25, 0.3) is 0 Å². The predicted octanol–water partition coefficient (Wildman–Crippen LogP) is 3.89. The highest BCUT2D eigenvalue weighted by atomic mass is 127. The van der Waals surface area contributed by atoms with E-state index in [0.717, 1.165) is 37.6 Å². The van der Waals surface area contributed by atoms with Crippen molar-refractivity contribution in [1.29, 1.82) is 0 Å². The van der Waals surface area contributed by atoms with E-state index in [1.165, 1.54) is 0 Å².